The number of fused-ring (bicyclic) bond motifs is 1. The summed E-state index contributed by atoms with van der Waals surface area (Å²) in [5, 5.41) is 4.36. The first-order chi connectivity index (χ1) is 14.5. The summed E-state index contributed by atoms with van der Waals surface area (Å²) in [4.78, 5) is 29.7. The maximum Gasteiger partial charge on any atom is 0.262 e. The van der Waals surface area contributed by atoms with E-state index in [2.05, 4.69) is 10.3 Å². The molecule has 3 aromatic rings. The van der Waals surface area contributed by atoms with Crippen molar-refractivity contribution in [2.45, 2.75) is 25.0 Å². The maximum absolute atomic E-state index is 12.7. The highest BCUT2D eigenvalue weighted by atomic mass is 35.5. The summed E-state index contributed by atoms with van der Waals surface area (Å²) in [5.74, 6) is 1.17. The van der Waals surface area contributed by atoms with Gasteiger partial charge in [-0.1, -0.05) is 35.5 Å². The third kappa shape index (κ3) is 4.71. The number of ether oxygens (including phenoxy) is 2. The van der Waals surface area contributed by atoms with Crippen LogP contribution in [0.25, 0.3) is 10.9 Å². The lowest BCUT2D eigenvalue weighted by atomic mass is 10.2. The molecule has 0 unspecified atom stereocenters. The summed E-state index contributed by atoms with van der Waals surface area (Å²) in [6, 6.07) is 10.5. The van der Waals surface area contributed by atoms with Crippen LogP contribution < -0.4 is 20.3 Å². The number of carbonyl (C=O) groups is 1. The molecule has 2 aromatic carbocycles. The number of methoxy groups -OCH3 is 2. The molecule has 0 radical (unpaired) electrons. The van der Waals surface area contributed by atoms with E-state index in [4.69, 9.17) is 21.1 Å². The van der Waals surface area contributed by atoms with Crippen LogP contribution in [0.2, 0.25) is 5.02 Å². The summed E-state index contributed by atoms with van der Waals surface area (Å²) in [5.41, 5.74) is 1.04. The van der Waals surface area contributed by atoms with Crippen LogP contribution in [0.3, 0.4) is 0 Å². The number of aromatic nitrogens is 2. The highest BCUT2D eigenvalue weighted by molar-refractivity contribution is 7.99. The molecule has 1 aromatic heterocycles. The normalized spacial score (nSPS) is 10.8. The number of anilines is 1. The van der Waals surface area contributed by atoms with Crippen molar-refractivity contribution in [1.82, 2.24) is 9.55 Å². The molecule has 1 N–H and O–H groups in total. The monoisotopic (exact) mass is 447 g/mol. The Labute approximate surface area is 183 Å². The number of hydrogen-bond acceptors (Lipinski definition) is 6. The Balaban J connectivity index is 1.69. The molecule has 9 heteroatoms. The van der Waals surface area contributed by atoms with Crippen LogP contribution >= 0.6 is 23.4 Å². The lowest BCUT2D eigenvalue weighted by Crippen LogP contribution is -2.22. The fourth-order valence-electron chi connectivity index (χ4n) is 2.94. The van der Waals surface area contributed by atoms with Crippen LogP contribution in [0.5, 0.6) is 11.5 Å². The van der Waals surface area contributed by atoms with E-state index in [0.29, 0.717) is 50.6 Å². The molecule has 0 fully saturated rings. The first-order valence-corrected chi connectivity index (χ1v) is 10.7. The Morgan fingerprint density at radius 1 is 1.20 bits per heavy atom. The third-order valence-corrected chi connectivity index (χ3v) is 5.72. The van der Waals surface area contributed by atoms with Crippen LogP contribution in [-0.4, -0.2) is 35.4 Å². The summed E-state index contributed by atoms with van der Waals surface area (Å²) in [7, 11) is 3.01. The lowest BCUT2D eigenvalue weighted by Gasteiger charge is -2.13. The number of halogens is 1. The Hall–Kier alpha value is -2.71. The van der Waals surface area contributed by atoms with E-state index in [-0.39, 0.29) is 17.9 Å². The number of rotatable bonds is 8. The number of carbonyl (C=O) groups excluding carboxylic acids is 1. The van der Waals surface area contributed by atoms with Crippen molar-refractivity contribution in [3.63, 3.8) is 0 Å². The molecule has 0 saturated heterocycles. The van der Waals surface area contributed by atoms with Crippen LogP contribution in [-0.2, 0) is 11.3 Å². The predicted molar refractivity (Wildman–Crippen MR) is 120 cm³/mol. The Morgan fingerprint density at radius 3 is 2.63 bits per heavy atom. The minimum Gasteiger partial charge on any atom is -0.495 e. The third-order valence-electron chi connectivity index (χ3n) is 4.45. The molecule has 158 valence electrons. The van der Waals surface area contributed by atoms with Gasteiger partial charge in [0.1, 0.15) is 11.5 Å². The SMILES string of the molecule is CCn1c(SCCC(=O)Nc2cc(Cl)c(OC)cc2OC)nc2ccccc2c1=O. The van der Waals surface area contributed by atoms with E-state index in [0.717, 1.165) is 0 Å². The molecule has 0 saturated carbocycles. The van der Waals surface area contributed by atoms with Gasteiger partial charge in [-0.3, -0.25) is 14.2 Å². The van der Waals surface area contributed by atoms with E-state index < -0.39 is 0 Å². The van der Waals surface area contributed by atoms with Crippen molar-refractivity contribution in [2.75, 3.05) is 25.3 Å². The maximum atomic E-state index is 12.7. The van der Waals surface area contributed by atoms with Crippen molar-refractivity contribution in [3.05, 3.63) is 51.8 Å². The van der Waals surface area contributed by atoms with Crippen molar-refractivity contribution >= 4 is 45.9 Å². The molecule has 0 aliphatic heterocycles. The van der Waals surface area contributed by atoms with Crippen molar-refractivity contribution in [3.8, 4) is 11.5 Å². The summed E-state index contributed by atoms with van der Waals surface area (Å²) < 4.78 is 12.1. The van der Waals surface area contributed by atoms with E-state index in [1.807, 2.05) is 25.1 Å². The second-order valence-corrected chi connectivity index (χ2v) is 7.76. The van der Waals surface area contributed by atoms with Crippen LogP contribution in [0.15, 0.2) is 46.3 Å². The highest BCUT2D eigenvalue weighted by Crippen LogP contribution is 2.36. The van der Waals surface area contributed by atoms with Gasteiger partial charge >= 0.3 is 0 Å². The molecule has 1 amide bonds. The first-order valence-electron chi connectivity index (χ1n) is 9.32. The summed E-state index contributed by atoms with van der Waals surface area (Å²) in [6.07, 6.45) is 0.226. The number of hydrogen-bond donors (Lipinski definition) is 1. The molecule has 1 heterocycles. The van der Waals surface area contributed by atoms with Gasteiger partial charge in [0.05, 0.1) is 35.8 Å². The zero-order valence-electron chi connectivity index (χ0n) is 16.9. The second-order valence-electron chi connectivity index (χ2n) is 6.29. The summed E-state index contributed by atoms with van der Waals surface area (Å²) in [6.45, 7) is 2.40. The van der Waals surface area contributed by atoms with Gasteiger partial charge in [-0.15, -0.1) is 0 Å². The van der Waals surface area contributed by atoms with Gasteiger partial charge in [-0.2, -0.15) is 0 Å². The van der Waals surface area contributed by atoms with Gasteiger partial charge in [0.25, 0.3) is 5.56 Å². The van der Waals surface area contributed by atoms with E-state index >= 15 is 0 Å². The fraction of sp³-hybridized carbons (Fsp3) is 0.286. The van der Waals surface area contributed by atoms with E-state index in [1.165, 1.54) is 26.0 Å². The van der Waals surface area contributed by atoms with Gasteiger partial charge < -0.3 is 14.8 Å². The molecular weight excluding hydrogens is 426 g/mol. The molecule has 7 nitrogen and oxygen atoms in total. The predicted octanol–water partition coefficient (Wildman–Crippen LogP) is 4.21. The van der Waals surface area contributed by atoms with Crippen LogP contribution in [0.1, 0.15) is 13.3 Å². The average Bonchev–Trinajstić information content (AvgIpc) is 2.74. The minimum atomic E-state index is -0.201. The lowest BCUT2D eigenvalue weighted by molar-refractivity contribution is -0.115. The molecular formula is C21H22ClN3O4S. The van der Waals surface area contributed by atoms with Crippen LogP contribution in [0, 0.1) is 0 Å². The topological polar surface area (TPSA) is 82.5 Å². The number of para-hydroxylation sites is 1. The Kier molecular flexibility index (Phi) is 7.23. The smallest absolute Gasteiger partial charge is 0.262 e. The quantitative estimate of drug-likeness (QED) is 0.411. The van der Waals surface area contributed by atoms with Gasteiger partial charge in [-0.25, -0.2) is 4.98 Å². The number of amides is 1. The molecule has 0 aliphatic rings. The zero-order valence-corrected chi connectivity index (χ0v) is 18.5. The standard InChI is InChI=1S/C21H22ClN3O4S/c1-4-25-20(27)13-7-5-6-8-15(13)24-21(25)30-10-9-19(26)23-16-11-14(22)17(28-2)12-18(16)29-3/h5-8,11-12H,4,9-10H2,1-3H3,(H,23,26). The molecule has 0 spiro atoms. The Morgan fingerprint density at radius 2 is 1.93 bits per heavy atom. The number of benzene rings is 2. The van der Waals surface area contributed by atoms with E-state index in [1.54, 1.807) is 22.8 Å². The molecule has 0 atom stereocenters. The van der Waals surface area contributed by atoms with Gasteiger partial charge in [0, 0.05) is 24.8 Å². The number of nitrogens with one attached hydrogen (secondary N) is 1. The number of nitrogens with zero attached hydrogens (tertiary/aromatic N) is 2. The average molecular weight is 448 g/mol. The Bertz CT molecular complexity index is 1130. The molecule has 30 heavy (non-hydrogen) atoms. The molecule has 0 bridgehead atoms. The van der Waals surface area contributed by atoms with Gasteiger partial charge in [0.2, 0.25) is 5.91 Å². The van der Waals surface area contributed by atoms with Crippen molar-refractivity contribution < 1.29 is 14.3 Å². The van der Waals surface area contributed by atoms with Gasteiger partial charge in [0.15, 0.2) is 5.16 Å². The van der Waals surface area contributed by atoms with Crippen LogP contribution in [0.4, 0.5) is 5.69 Å². The summed E-state index contributed by atoms with van der Waals surface area (Å²) >= 11 is 7.52. The first kappa shape index (κ1) is 22.0. The minimum absolute atomic E-state index is 0.0762. The van der Waals surface area contributed by atoms with Gasteiger partial charge in [-0.05, 0) is 25.1 Å². The van der Waals surface area contributed by atoms with Crippen molar-refractivity contribution in [2.24, 2.45) is 0 Å². The fourth-order valence-corrected chi connectivity index (χ4v) is 4.18. The largest absolute Gasteiger partial charge is 0.495 e. The zero-order chi connectivity index (χ0) is 21.7. The highest BCUT2D eigenvalue weighted by Gasteiger charge is 2.14. The molecule has 0 aliphatic carbocycles. The second kappa shape index (κ2) is 9.86. The number of thioether (sulfide) groups is 1. The molecule has 3 rings (SSSR count). The van der Waals surface area contributed by atoms with E-state index in [9.17, 15) is 9.59 Å². The van der Waals surface area contributed by atoms with Crippen molar-refractivity contribution in [1.29, 1.82) is 0 Å².